The maximum Gasteiger partial charge on any atom is 0.248 e. The van der Waals surface area contributed by atoms with E-state index >= 15 is 0 Å². The zero-order valence-electron chi connectivity index (χ0n) is 15.0. The lowest BCUT2D eigenvalue weighted by molar-refractivity contribution is -0.115. The maximum atomic E-state index is 12.2. The van der Waals surface area contributed by atoms with Crippen LogP contribution < -0.4 is 15.8 Å². The molecule has 7 nitrogen and oxygen atoms in total. The molecule has 0 fully saturated rings. The molecule has 3 N–H and O–H groups in total. The van der Waals surface area contributed by atoms with Crippen LogP contribution in [-0.4, -0.2) is 27.8 Å². The van der Waals surface area contributed by atoms with Crippen LogP contribution in [0.15, 0.2) is 65.9 Å². The van der Waals surface area contributed by atoms with Gasteiger partial charge in [-0.05, 0) is 24.6 Å². The van der Waals surface area contributed by atoms with E-state index in [1.807, 2.05) is 61.5 Å². The molecule has 0 bridgehead atoms. The Hall–Kier alpha value is -3.61. The van der Waals surface area contributed by atoms with Crippen LogP contribution in [0.1, 0.15) is 18.5 Å². The number of nitrogens with two attached hydrogens (primary N) is 1. The first-order valence-corrected chi connectivity index (χ1v) is 8.52. The Bertz CT molecular complexity index is 1040. The van der Waals surface area contributed by atoms with Gasteiger partial charge in [0.2, 0.25) is 11.9 Å². The number of carbonyl (C=O) groups excluding carboxylic acids is 1. The fourth-order valence-electron chi connectivity index (χ4n) is 3.30. The zero-order valence-corrected chi connectivity index (χ0v) is 15.0. The van der Waals surface area contributed by atoms with Crippen molar-refractivity contribution in [3.63, 3.8) is 0 Å². The van der Waals surface area contributed by atoms with E-state index in [2.05, 4.69) is 15.4 Å². The molecule has 1 aromatic heterocycles. The summed E-state index contributed by atoms with van der Waals surface area (Å²) in [6.45, 7) is 1.82. The molecular weight excluding hydrogens is 342 g/mol. The summed E-state index contributed by atoms with van der Waals surface area (Å²) in [5.74, 6) is 1.33. The summed E-state index contributed by atoms with van der Waals surface area (Å²) in [6, 6.07) is 16.8. The van der Waals surface area contributed by atoms with E-state index in [4.69, 9.17) is 10.5 Å². The second kappa shape index (κ2) is 6.60. The minimum atomic E-state index is -0.488. The number of hydrogen-bond acceptors (Lipinski definition) is 5. The topological polar surface area (TPSA) is 95.1 Å². The van der Waals surface area contributed by atoms with E-state index in [9.17, 15) is 4.79 Å². The largest absolute Gasteiger partial charge is 0.497 e. The highest BCUT2D eigenvalue weighted by atomic mass is 16.5. The predicted octanol–water partition coefficient (Wildman–Crippen LogP) is 2.73. The quantitative estimate of drug-likeness (QED) is 0.745. The molecule has 7 heteroatoms. The van der Waals surface area contributed by atoms with Crippen molar-refractivity contribution >= 4 is 11.9 Å². The smallest absolute Gasteiger partial charge is 0.248 e. The Balaban J connectivity index is 1.86. The molecule has 0 radical (unpaired) electrons. The normalized spacial score (nSPS) is 15.9. The second-order valence-electron chi connectivity index (χ2n) is 6.28. The summed E-state index contributed by atoms with van der Waals surface area (Å²) < 4.78 is 6.99. The molecule has 0 saturated heterocycles. The van der Waals surface area contributed by atoms with E-state index in [0.717, 1.165) is 16.9 Å². The highest BCUT2D eigenvalue weighted by Gasteiger charge is 2.33. The van der Waals surface area contributed by atoms with Gasteiger partial charge in [0.1, 0.15) is 11.8 Å². The van der Waals surface area contributed by atoms with E-state index in [-0.39, 0.29) is 0 Å². The average Bonchev–Trinajstić information content (AvgIpc) is 3.11. The van der Waals surface area contributed by atoms with Gasteiger partial charge in [0.15, 0.2) is 5.82 Å². The Kier molecular flexibility index (Phi) is 4.12. The molecule has 27 heavy (non-hydrogen) atoms. The molecule has 1 aliphatic heterocycles. The molecule has 2 heterocycles. The van der Waals surface area contributed by atoms with Crippen LogP contribution in [0, 0.1) is 0 Å². The molecule has 136 valence electrons. The molecule has 3 aromatic rings. The standard InChI is InChI=1S/C20H19N5O2/c1-12-16(18(21)26)17(13-7-4-3-5-8-13)25-20(22-12)23-19(24-25)14-9-6-10-15(11-14)27-2/h3-11,17H,1-2H3,(H2,21,26)(H,22,23,24)/t17-/m1/s1. The van der Waals surface area contributed by atoms with Crippen molar-refractivity contribution in [3.8, 4) is 17.1 Å². The number of rotatable bonds is 4. The third kappa shape index (κ3) is 2.93. The Labute approximate surface area is 156 Å². The van der Waals surface area contributed by atoms with Gasteiger partial charge in [-0.3, -0.25) is 4.79 Å². The van der Waals surface area contributed by atoms with E-state index in [0.29, 0.717) is 23.0 Å². The van der Waals surface area contributed by atoms with Crippen LogP contribution in [0.3, 0.4) is 0 Å². The second-order valence-corrected chi connectivity index (χ2v) is 6.28. The number of nitrogens with zero attached hydrogens (tertiary/aromatic N) is 3. The number of benzene rings is 2. The van der Waals surface area contributed by atoms with Crippen LogP contribution in [0.4, 0.5) is 5.95 Å². The summed E-state index contributed by atoms with van der Waals surface area (Å²) in [7, 11) is 1.62. The van der Waals surface area contributed by atoms with Crippen molar-refractivity contribution in [2.45, 2.75) is 13.0 Å². The van der Waals surface area contributed by atoms with Gasteiger partial charge in [0.05, 0.1) is 12.7 Å². The lowest BCUT2D eigenvalue weighted by Gasteiger charge is -2.27. The molecular formula is C20H19N5O2. The number of anilines is 1. The number of carbonyl (C=O) groups is 1. The summed E-state index contributed by atoms with van der Waals surface area (Å²) in [5, 5.41) is 7.81. The summed E-state index contributed by atoms with van der Waals surface area (Å²) in [4.78, 5) is 16.8. The maximum absolute atomic E-state index is 12.2. The number of aromatic nitrogens is 3. The van der Waals surface area contributed by atoms with Crippen molar-refractivity contribution in [1.29, 1.82) is 0 Å². The van der Waals surface area contributed by atoms with Gasteiger partial charge in [0.25, 0.3) is 0 Å². The zero-order chi connectivity index (χ0) is 19.0. The highest BCUT2D eigenvalue weighted by Crippen LogP contribution is 2.36. The fraction of sp³-hybridized carbons (Fsp3) is 0.150. The molecule has 0 aliphatic carbocycles. The number of amides is 1. The summed E-state index contributed by atoms with van der Waals surface area (Å²) in [5.41, 5.74) is 8.56. The molecule has 2 aromatic carbocycles. The Morgan fingerprint density at radius 3 is 2.67 bits per heavy atom. The van der Waals surface area contributed by atoms with Crippen molar-refractivity contribution in [2.24, 2.45) is 5.73 Å². The molecule has 1 atom stereocenters. The minimum absolute atomic E-state index is 0.438. The third-order valence-electron chi connectivity index (χ3n) is 4.56. The Morgan fingerprint density at radius 2 is 1.96 bits per heavy atom. The number of nitrogens with one attached hydrogen (secondary N) is 1. The number of allylic oxidation sites excluding steroid dienone is 1. The van der Waals surface area contributed by atoms with Gasteiger partial charge in [-0.2, -0.15) is 4.98 Å². The highest BCUT2D eigenvalue weighted by molar-refractivity contribution is 5.95. The van der Waals surface area contributed by atoms with Crippen LogP contribution in [-0.2, 0) is 4.79 Å². The third-order valence-corrected chi connectivity index (χ3v) is 4.56. The number of methoxy groups -OCH3 is 1. The molecule has 4 rings (SSSR count). The van der Waals surface area contributed by atoms with Crippen molar-refractivity contribution in [2.75, 3.05) is 12.4 Å². The lowest BCUT2D eigenvalue weighted by atomic mass is 9.95. The number of fused-ring (bicyclic) bond motifs is 1. The van der Waals surface area contributed by atoms with Crippen LogP contribution in [0.25, 0.3) is 11.4 Å². The monoisotopic (exact) mass is 361 g/mol. The van der Waals surface area contributed by atoms with Gasteiger partial charge < -0.3 is 15.8 Å². The molecule has 1 aliphatic rings. The van der Waals surface area contributed by atoms with Crippen molar-refractivity contribution in [1.82, 2.24) is 14.8 Å². The first-order chi connectivity index (χ1) is 13.1. The van der Waals surface area contributed by atoms with E-state index < -0.39 is 11.9 Å². The predicted molar refractivity (Wildman–Crippen MR) is 102 cm³/mol. The molecule has 0 unspecified atom stereocenters. The van der Waals surface area contributed by atoms with Crippen molar-refractivity contribution < 1.29 is 9.53 Å². The van der Waals surface area contributed by atoms with Gasteiger partial charge in [-0.15, -0.1) is 5.10 Å². The van der Waals surface area contributed by atoms with Crippen LogP contribution in [0.5, 0.6) is 5.75 Å². The Morgan fingerprint density at radius 1 is 1.19 bits per heavy atom. The van der Waals surface area contributed by atoms with Gasteiger partial charge in [-0.25, -0.2) is 4.68 Å². The minimum Gasteiger partial charge on any atom is -0.497 e. The number of ether oxygens (including phenoxy) is 1. The molecule has 0 spiro atoms. The lowest BCUT2D eigenvalue weighted by Crippen LogP contribution is -2.31. The summed E-state index contributed by atoms with van der Waals surface area (Å²) in [6.07, 6.45) is 0. The molecule has 0 saturated carbocycles. The molecule has 1 amide bonds. The van der Waals surface area contributed by atoms with E-state index in [1.54, 1.807) is 11.8 Å². The van der Waals surface area contributed by atoms with Crippen molar-refractivity contribution in [3.05, 3.63) is 71.4 Å². The average molecular weight is 361 g/mol. The van der Waals surface area contributed by atoms with Gasteiger partial charge in [0, 0.05) is 11.3 Å². The van der Waals surface area contributed by atoms with Crippen LogP contribution in [0.2, 0.25) is 0 Å². The SMILES string of the molecule is COc1cccc(-c2nc3n(n2)[C@H](c2ccccc2)C(C(N)=O)=C(C)N3)c1. The number of hydrogen-bond donors (Lipinski definition) is 2. The van der Waals surface area contributed by atoms with Gasteiger partial charge >= 0.3 is 0 Å². The summed E-state index contributed by atoms with van der Waals surface area (Å²) >= 11 is 0. The first kappa shape index (κ1) is 16.8. The number of primary amides is 1. The van der Waals surface area contributed by atoms with E-state index in [1.165, 1.54) is 0 Å². The fourth-order valence-corrected chi connectivity index (χ4v) is 3.30. The van der Waals surface area contributed by atoms with Crippen LogP contribution >= 0.6 is 0 Å². The van der Waals surface area contributed by atoms with Gasteiger partial charge in [-0.1, -0.05) is 42.5 Å². The first-order valence-electron chi connectivity index (χ1n) is 8.52.